The Labute approximate surface area is 95.4 Å². The molecule has 0 aliphatic carbocycles. The summed E-state index contributed by atoms with van der Waals surface area (Å²) < 4.78 is 1.81. The zero-order valence-electron chi connectivity index (χ0n) is 9.86. The van der Waals surface area contributed by atoms with E-state index in [1.54, 1.807) is 0 Å². The summed E-state index contributed by atoms with van der Waals surface area (Å²) in [4.78, 5) is 10.6. The normalized spacial score (nSPS) is 10.4. The smallest absolute Gasteiger partial charge is 0.216 e. The van der Waals surface area contributed by atoms with Crippen LogP contribution in [0, 0.1) is 0 Å². The lowest BCUT2D eigenvalue weighted by atomic mass is 10.3. The van der Waals surface area contributed by atoms with Gasteiger partial charge in [0.05, 0.1) is 5.69 Å². The van der Waals surface area contributed by atoms with Gasteiger partial charge in [0.15, 0.2) is 0 Å². The maximum Gasteiger partial charge on any atom is 0.216 e. The van der Waals surface area contributed by atoms with Crippen LogP contribution in [0.1, 0.15) is 19.0 Å². The van der Waals surface area contributed by atoms with Crippen LogP contribution in [0.5, 0.6) is 0 Å². The van der Waals surface area contributed by atoms with Gasteiger partial charge in [-0.2, -0.15) is 0 Å². The molecular weight excluding hydrogens is 206 g/mol. The van der Waals surface area contributed by atoms with Crippen LogP contribution in [0.25, 0.3) is 0 Å². The van der Waals surface area contributed by atoms with Crippen molar-refractivity contribution >= 4 is 5.91 Å². The van der Waals surface area contributed by atoms with Crippen LogP contribution in [-0.2, 0) is 17.8 Å². The van der Waals surface area contributed by atoms with E-state index >= 15 is 0 Å². The zero-order chi connectivity index (χ0) is 11.8. The first-order valence-electron chi connectivity index (χ1n) is 5.50. The minimum absolute atomic E-state index is 0.00768. The highest BCUT2D eigenvalue weighted by Gasteiger charge is 1.99. The largest absolute Gasteiger partial charge is 0.356 e. The van der Waals surface area contributed by atoms with Gasteiger partial charge in [-0.1, -0.05) is 5.21 Å². The SMILES string of the molecule is CNCCc1cn(CCCNC(C)=O)nn1. The standard InChI is InChI=1S/C10H19N5O/c1-9(16)12-5-3-7-15-8-10(13-14-15)4-6-11-2/h8,11H,3-7H2,1-2H3,(H,12,16). The molecule has 1 rings (SSSR count). The third-order valence-corrected chi connectivity index (χ3v) is 2.16. The Kier molecular flexibility index (Phi) is 5.49. The molecule has 16 heavy (non-hydrogen) atoms. The number of carbonyl (C=O) groups excluding carboxylic acids is 1. The van der Waals surface area contributed by atoms with Crippen molar-refractivity contribution in [2.45, 2.75) is 26.3 Å². The molecule has 1 amide bonds. The molecule has 0 unspecified atom stereocenters. The zero-order valence-corrected chi connectivity index (χ0v) is 9.86. The second-order valence-corrected chi connectivity index (χ2v) is 3.66. The van der Waals surface area contributed by atoms with Crippen molar-refractivity contribution in [3.63, 3.8) is 0 Å². The lowest BCUT2D eigenvalue weighted by Gasteiger charge is -2.01. The van der Waals surface area contributed by atoms with Gasteiger partial charge in [0.25, 0.3) is 0 Å². The maximum atomic E-state index is 10.6. The van der Waals surface area contributed by atoms with Gasteiger partial charge in [0.2, 0.25) is 5.91 Å². The van der Waals surface area contributed by atoms with Crippen LogP contribution < -0.4 is 10.6 Å². The average molecular weight is 225 g/mol. The molecule has 0 atom stereocenters. The lowest BCUT2D eigenvalue weighted by molar-refractivity contribution is -0.118. The molecule has 1 aromatic heterocycles. The van der Waals surface area contributed by atoms with E-state index in [-0.39, 0.29) is 5.91 Å². The summed E-state index contributed by atoms with van der Waals surface area (Å²) in [7, 11) is 1.91. The van der Waals surface area contributed by atoms with Crippen LogP contribution >= 0.6 is 0 Å². The van der Waals surface area contributed by atoms with Crippen molar-refractivity contribution in [2.75, 3.05) is 20.1 Å². The van der Waals surface area contributed by atoms with E-state index in [9.17, 15) is 4.79 Å². The molecular formula is C10H19N5O. The summed E-state index contributed by atoms with van der Waals surface area (Å²) in [6.45, 7) is 3.89. The molecule has 90 valence electrons. The summed E-state index contributed by atoms with van der Waals surface area (Å²) >= 11 is 0. The van der Waals surface area contributed by atoms with Crippen molar-refractivity contribution in [2.24, 2.45) is 0 Å². The predicted octanol–water partition coefficient (Wildman–Crippen LogP) is -0.434. The fraction of sp³-hybridized carbons (Fsp3) is 0.700. The molecule has 0 aliphatic heterocycles. The highest BCUT2D eigenvalue weighted by atomic mass is 16.1. The maximum absolute atomic E-state index is 10.6. The molecule has 1 heterocycles. The second kappa shape index (κ2) is 6.95. The number of amides is 1. The molecule has 0 saturated carbocycles. The van der Waals surface area contributed by atoms with Crippen LogP contribution in [0.15, 0.2) is 6.20 Å². The molecule has 0 aromatic carbocycles. The minimum atomic E-state index is 0.00768. The fourth-order valence-corrected chi connectivity index (χ4v) is 1.32. The molecule has 0 fully saturated rings. The van der Waals surface area contributed by atoms with Crippen molar-refractivity contribution in [1.29, 1.82) is 0 Å². The van der Waals surface area contributed by atoms with E-state index in [1.165, 1.54) is 6.92 Å². The van der Waals surface area contributed by atoms with Crippen LogP contribution in [0.4, 0.5) is 0 Å². The Bertz CT molecular complexity index is 323. The molecule has 0 bridgehead atoms. The van der Waals surface area contributed by atoms with Crippen molar-refractivity contribution in [3.05, 3.63) is 11.9 Å². The molecule has 6 heteroatoms. The summed E-state index contributed by atoms with van der Waals surface area (Å²) in [5, 5.41) is 13.9. The van der Waals surface area contributed by atoms with Gasteiger partial charge in [-0.05, 0) is 13.5 Å². The molecule has 0 saturated heterocycles. The van der Waals surface area contributed by atoms with Crippen LogP contribution in [0.2, 0.25) is 0 Å². The number of nitrogens with one attached hydrogen (secondary N) is 2. The first-order valence-corrected chi connectivity index (χ1v) is 5.50. The van der Waals surface area contributed by atoms with E-state index in [2.05, 4.69) is 20.9 Å². The summed E-state index contributed by atoms with van der Waals surface area (Å²) in [6.07, 6.45) is 3.71. The van der Waals surface area contributed by atoms with Gasteiger partial charge >= 0.3 is 0 Å². The molecule has 6 nitrogen and oxygen atoms in total. The highest BCUT2D eigenvalue weighted by Crippen LogP contribution is 1.94. The Morgan fingerprint density at radius 1 is 1.50 bits per heavy atom. The quantitative estimate of drug-likeness (QED) is 0.617. The van der Waals surface area contributed by atoms with Crippen molar-refractivity contribution in [1.82, 2.24) is 25.6 Å². The number of carbonyl (C=O) groups is 1. The van der Waals surface area contributed by atoms with Crippen LogP contribution in [0.3, 0.4) is 0 Å². The monoisotopic (exact) mass is 225 g/mol. The van der Waals surface area contributed by atoms with Gasteiger partial charge in [-0.3, -0.25) is 9.48 Å². The van der Waals surface area contributed by atoms with Gasteiger partial charge < -0.3 is 10.6 Å². The summed E-state index contributed by atoms with van der Waals surface area (Å²) in [5.41, 5.74) is 0.994. The summed E-state index contributed by atoms with van der Waals surface area (Å²) in [6, 6.07) is 0. The van der Waals surface area contributed by atoms with Crippen molar-refractivity contribution in [3.8, 4) is 0 Å². The molecule has 0 radical (unpaired) electrons. The molecule has 1 aromatic rings. The Balaban J connectivity index is 2.21. The predicted molar refractivity (Wildman–Crippen MR) is 61.0 cm³/mol. The molecule has 0 spiro atoms. The topological polar surface area (TPSA) is 71.8 Å². The number of aromatic nitrogens is 3. The first kappa shape index (κ1) is 12.6. The van der Waals surface area contributed by atoms with E-state index in [1.807, 2.05) is 17.9 Å². The Morgan fingerprint density at radius 3 is 3.00 bits per heavy atom. The molecule has 0 aliphatic rings. The number of hydrogen-bond donors (Lipinski definition) is 2. The Hall–Kier alpha value is -1.43. The van der Waals surface area contributed by atoms with E-state index < -0.39 is 0 Å². The average Bonchev–Trinajstić information content (AvgIpc) is 2.69. The number of nitrogens with zero attached hydrogens (tertiary/aromatic N) is 3. The van der Waals surface area contributed by atoms with Gasteiger partial charge in [-0.15, -0.1) is 5.10 Å². The first-order chi connectivity index (χ1) is 7.72. The van der Waals surface area contributed by atoms with Crippen molar-refractivity contribution < 1.29 is 4.79 Å². The third-order valence-electron chi connectivity index (χ3n) is 2.16. The number of likely N-dealkylation sites (N-methyl/N-ethyl adjacent to an activating group) is 1. The second-order valence-electron chi connectivity index (χ2n) is 3.66. The summed E-state index contributed by atoms with van der Waals surface area (Å²) in [5.74, 6) is 0.00768. The number of aryl methyl sites for hydroxylation is 1. The fourth-order valence-electron chi connectivity index (χ4n) is 1.32. The van der Waals surface area contributed by atoms with Gasteiger partial charge in [0.1, 0.15) is 0 Å². The van der Waals surface area contributed by atoms with Gasteiger partial charge in [0, 0.05) is 39.2 Å². The minimum Gasteiger partial charge on any atom is -0.356 e. The van der Waals surface area contributed by atoms with Crippen LogP contribution in [-0.4, -0.2) is 41.0 Å². The van der Waals surface area contributed by atoms with E-state index in [4.69, 9.17) is 0 Å². The third kappa shape index (κ3) is 4.88. The lowest BCUT2D eigenvalue weighted by Crippen LogP contribution is -2.22. The van der Waals surface area contributed by atoms with E-state index in [0.717, 1.165) is 31.6 Å². The number of hydrogen-bond acceptors (Lipinski definition) is 4. The van der Waals surface area contributed by atoms with E-state index in [0.29, 0.717) is 6.54 Å². The number of rotatable bonds is 7. The highest BCUT2D eigenvalue weighted by molar-refractivity contribution is 5.72. The molecule has 2 N–H and O–H groups in total. The Morgan fingerprint density at radius 2 is 2.31 bits per heavy atom. The van der Waals surface area contributed by atoms with Gasteiger partial charge in [-0.25, -0.2) is 0 Å².